The number of rotatable bonds is 3. The van der Waals surface area contributed by atoms with Crippen LogP contribution in [-0.4, -0.2) is 49.5 Å². The molecule has 2 unspecified atom stereocenters. The predicted molar refractivity (Wildman–Crippen MR) is 87.4 cm³/mol. The van der Waals surface area contributed by atoms with Crippen molar-refractivity contribution >= 4 is 6.09 Å². The number of halogens is 1. The molecule has 1 aliphatic heterocycles. The van der Waals surface area contributed by atoms with Crippen LogP contribution in [0.3, 0.4) is 0 Å². The van der Waals surface area contributed by atoms with Gasteiger partial charge in [0, 0.05) is 12.1 Å². The van der Waals surface area contributed by atoms with Gasteiger partial charge in [-0.3, -0.25) is 4.90 Å². The molecule has 0 aromatic heterocycles. The molecule has 2 rings (SSSR count). The summed E-state index contributed by atoms with van der Waals surface area (Å²) in [7, 11) is 1.49. The number of nitrogens with two attached hydrogens (primary N) is 1. The zero-order valence-electron chi connectivity index (χ0n) is 14.5. The first-order valence-corrected chi connectivity index (χ1v) is 7.89. The van der Waals surface area contributed by atoms with Crippen LogP contribution >= 0.6 is 0 Å². The highest BCUT2D eigenvalue weighted by molar-refractivity contribution is 5.69. The molecule has 0 spiro atoms. The first kappa shape index (κ1) is 18.5. The second-order valence-corrected chi connectivity index (χ2v) is 6.73. The van der Waals surface area contributed by atoms with E-state index in [1.165, 1.54) is 25.3 Å². The third-order valence-corrected chi connectivity index (χ3v) is 3.76. The van der Waals surface area contributed by atoms with Crippen molar-refractivity contribution in [2.75, 3.05) is 26.9 Å². The second kappa shape index (κ2) is 7.36. The largest absolute Gasteiger partial charge is 0.496 e. The van der Waals surface area contributed by atoms with Gasteiger partial charge in [-0.2, -0.15) is 0 Å². The summed E-state index contributed by atoms with van der Waals surface area (Å²) >= 11 is 0. The number of methoxy groups -OCH3 is 1. The minimum atomic E-state index is -0.663. The number of amides is 1. The lowest BCUT2D eigenvalue weighted by Gasteiger charge is -2.39. The number of carbonyl (C=O) groups excluding carboxylic acids is 1. The number of hydrogen-bond acceptors (Lipinski definition) is 5. The minimum absolute atomic E-state index is 0.250. The van der Waals surface area contributed by atoms with Gasteiger partial charge in [0.15, 0.2) is 0 Å². The first-order valence-electron chi connectivity index (χ1n) is 7.89. The van der Waals surface area contributed by atoms with Crippen LogP contribution in [0, 0.1) is 5.82 Å². The number of benzene rings is 1. The summed E-state index contributed by atoms with van der Waals surface area (Å²) in [6.45, 7) is 6.43. The molecule has 7 heteroatoms. The molecule has 1 aromatic rings. The smallest absolute Gasteiger partial charge is 0.410 e. The standard InChI is InChI=1S/C17H25FN2O4/c1-17(2,3)24-16(21)20-7-8-23-10-13(20)15(19)12-9-11(18)5-6-14(12)22-4/h5-6,9,13,15H,7-8,10,19H2,1-4H3. The maximum absolute atomic E-state index is 13.6. The summed E-state index contributed by atoms with van der Waals surface area (Å²) < 4.78 is 29.8. The van der Waals surface area contributed by atoms with Crippen LogP contribution in [0.4, 0.5) is 9.18 Å². The number of carbonyl (C=O) groups is 1. The van der Waals surface area contributed by atoms with Crippen LogP contribution in [0.15, 0.2) is 18.2 Å². The molecule has 1 heterocycles. The lowest BCUT2D eigenvalue weighted by Crippen LogP contribution is -2.54. The van der Waals surface area contributed by atoms with Crippen LogP contribution in [0.5, 0.6) is 5.75 Å². The van der Waals surface area contributed by atoms with E-state index >= 15 is 0 Å². The minimum Gasteiger partial charge on any atom is -0.496 e. The second-order valence-electron chi connectivity index (χ2n) is 6.73. The van der Waals surface area contributed by atoms with E-state index < -0.39 is 29.6 Å². The average Bonchev–Trinajstić information content (AvgIpc) is 2.52. The molecule has 1 aromatic carbocycles. The molecule has 0 aliphatic carbocycles. The highest BCUT2D eigenvalue weighted by atomic mass is 19.1. The van der Waals surface area contributed by atoms with Gasteiger partial charge in [-0.1, -0.05) is 0 Å². The van der Waals surface area contributed by atoms with E-state index in [4.69, 9.17) is 19.9 Å². The van der Waals surface area contributed by atoms with Gasteiger partial charge in [0.1, 0.15) is 17.2 Å². The van der Waals surface area contributed by atoms with Crippen molar-refractivity contribution in [2.24, 2.45) is 5.73 Å². The van der Waals surface area contributed by atoms with Crippen molar-refractivity contribution in [3.05, 3.63) is 29.6 Å². The Morgan fingerprint density at radius 2 is 2.17 bits per heavy atom. The molecule has 1 fully saturated rings. The molecule has 6 nitrogen and oxygen atoms in total. The lowest BCUT2D eigenvalue weighted by atomic mass is 9.97. The molecule has 24 heavy (non-hydrogen) atoms. The van der Waals surface area contributed by atoms with Crippen LogP contribution in [-0.2, 0) is 9.47 Å². The quantitative estimate of drug-likeness (QED) is 0.915. The van der Waals surface area contributed by atoms with E-state index in [0.717, 1.165) is 0 Å². The predicted octanol–water partition coefficient (Wildman–Crippen LogP) is 2.47. The summed E-state index contributed by atoms with van der Waals surface area (Å²) in [5, 5.41) is 0. The first-order chi connectivity index (χ1) is 11.2. The Balaban J connectivity index is 2.26. The van der Waals surface area contributed by atoms with E-state index in [0.29, 0.717) is 24.5 Å². The van der Waals surface area contributed by atoms with Crippen molar-refractivity contribution in [1.29, 1.82) is 0 Å². The number of morpholine rings is 1. The summed E-state index contributed by atoms with van der Waals surface area (Å²) in [4.78, 5) is 14.0. The normalized spacial score (nSPS) is 19.8. The highest BCUT2D eigenvalue weighted by Crippen LogP contribution is 2.30. The van der Waals surface area contributed by atoms with Gasteiger partial charge in [0.05, 0.1) is 32.4 Å². The van der Waals surface area contributed by atoms with E-state index in [2.05, 4.69) is 0 Å². The maximum Gasteiger partial charge on any atom is 0.410 e. The van der Waals surface area contributed by atoms with E-state index in [1.54, 1.807) is 25.7 Å². The van der Waals surface area contributed by atoms with Gasteiger partial charge in [-0.25, -0.2) is 9.18 Å². The Bertz CT molecular complexity index is 588. The Morgan fingerprint density at radius 3 is 2.79 bits per heavy atom. The molecule has 0 saturated carbocycles. The van der Waals surface area contributed by atoms with Crippen LogP contribution in [0.2, 0.25) is 0 Å². The van der Waals surface area contributed by atoms with Crippen molar-refractivity contribution in [3.63, 3.8) is 0 Å². The molecule has 2 atom stereocenters. The topological polar surface area (TPSA) is 74.0 Å². The molecular formula is C17H25FN2O4. The molecule has 0 radical (unpaired) electrons. The molecule has 1 amide bonds. The molecule has 134 valence electrons. The summed E-state index contributed by atoms with van der Waals surface area (Å²) in [6, 6.07) is 3.02. The van der Waals surface area contributed by atoms with Gasteiger partial charge in [0.2, 0.25) is 0 Å². The highest BCUT2D eigenvalue weighted by Gasteiger charge is 2.36. The van der Waals surface area contributed by atoms with Gasteiger partial charge in [-0.15, -0.1) is 0 Å². The molecule has 2 N–H and O–H groups in total. The van der Waals surface area contributed by atoms with Gasteiger partial charge >= 0.3 is 6.09 Å². The van der Waals surface area contributed by atoms with Crippen molar-refractivity contribution in [2.45, 2.75) is 38.5 Å². The third-order valence-electron chi connectivity index (χ3n) is 3.76. The summed E-state index contributed by atoms with van der Waals surface area (Å²) in [5.41, 5.74) is 6.21. The third kappa shape index (κ3) is 4.36. The van der Waals surface area contributed by atoms with E-state index in [1.807, 2.05) is 0 Å². The van der Waals surface area contributed by atoms with Crippen molar-refractivity contribution in [3.8, 4) is 5.75 Å². The number of hydrogen-bond donors (Lipinski definition) is 1. The zero-order valence-corrected chi connectivity index (χ0v) is 14.5. The van der Waals surface area contributed by atoms with Crippen molar-refractivity contribution < 1.29 is 23.4 Å². The van der Waals surface area contributed by atoms with Crippen molar-refractivity contribution in [1.82, 2.24) is 4.90 Å². The fraction of sp³-hybridized carbons (Fsp3) is 0.588. The van der Waals surface area contributed by atoms with Crippen LogP contribution in [0.25, 0.3) is 0 Å². The van der Waals surface area contributed by atoms with E-state index in [9.17, 15) is 9.18 Å². The molecular weight excluding hydrogens is 315 g/mol. The monoisotopic (exact) mass is 340 g/mol. The summed E-state index contributed by atoms with van der Waals surface area (Å²) in [6.07, 6.45) is -0.457. The fourth-order valence-corrected chi connectivity index (χ4v) is 2.64. The molecule has 1 aliphatic rings. The maximum atomic E-state index is 13.6. The van der Waals surface area contributed by atoms with Gasteiger partial charge in [0.25, 0.3) is 0 Å². The number of nitrogens with zero attached hydrogens (tertiary/aromatic N) is 1. The Morgan fingerprint density at radius 1 is 1.46 bits per heavy atom. The van der Waals surface area contributed by atoms with Crippen LogP contribution in [0.1, 0.15) is 32.4 Å². The Labute approximate surface area is 141 Å². The number of ether oxygens (including phenoxy) is 3. The Hall–Kier alpha value is -1.86. The molecule has 0 bridgehead atoms. The SMILES string of the molecule is COc1ccc(F)cc1C(N)C1COCCN1C(=O)OC(C)(C)C. The molecule has 1 saturated heterocycles. The summed E-state index contributed by atoms with van der Waals surface area (Å²) in [5.74, 6) is 0.0559. The zero-order chi connectivity index (χ0) is 17.9. The lowest BCUT2D eigenvalue weighted by molar-refractivity contribution is -0.0383. The average molecular weight is 340 g/mol. The fourth-order valence-electron chi connectivity index (χ4n) is 2.64. The van der Waals surface area contributed by atoms with Crippen LogP contribution < -0.4 is 10.5 Å². The van der Waals surface area contributed by atoms with Gasteiger partial charge in [-0.05, 0) is 39.0 Å². The Kier molecular flexibility index (Phi) is 5.66. The van der Waals surface area contributed by atoms with E-state index in [-0.39, 0.29) is 6.61 Å². The van der Waals surface area contributed by atoms with Gasteiger partial charge < -0.3 is 19.9 Å².